The number of aromatic amines is 1. The van der Waals surface area contributed by atoms with Crippen molar-refractivity contribution in [3.05, 3.63) is 47.5 Å². The Bertz CT molecular complexity index is 749. The van der Waals surface area contributed by atoms with Crippen LogP contribution >= 0.6 is 0 Å². The molecule has 108 valence electrons. The van der Waals surface area contributed by atoms with Gasteiger partial charge in [0.2, 0.25) is 6.79 Å². The number of carboxylic acid groups (broad SMARTS) is 1. The van der Waals surface area contributed by atoms with Crippen molar-refractivity contribution in [3.63, 3.8) is 0 Å². The van der Waals surface area contributed by atoms with Crippen LogP contribution in [0.4, 0.5) is 0 Å². The average Bonchev–Trinajstić information content (AvgIpc) is 3.13. The molecule has 0 radical (unpaired) electrons. The van der Waals surface area contributed by atoms with E-state index < -0.39 is 12.0 Å². The molecule has 0 spiro atoms. The molecule has 6 heteroatoms. The highest BCUT2D eigenvalue weighted by Crippen LogP contribution is 2.36. The molecule has 3 N–H and O–H groups in total. The van der Waals surface area contributed by atoms with Crippen molar-refractivity contribution in [3.8, 4) is 0 Å². The average molecular weight is 286 g/mol. The Labute approximate surface area is 120 Å². The summed E-state index contributed by atoms with van der Waals surface area (Å²) >= 11 is 0. The van der Waals surface area contributed by atoms with Gasteiger partial charge in [-0.1, -0.05) is 18.2 Å². The number of H-pyrrole nitrogens is 1. The second-order valence-electron chi connectivity index (χ2n) is 5.21. The molecular weight excluding hydrogens is 272 g/mol. The van der Waals surface area contributed by atoms with Crippen LogP contribution in [0.5, 0.6) is 0 Å². The van der Waals surface area contributed by atoms with Gasteiger partial charge in [-0.05, 0) is 11.6 Å². The Hall–Kier alpha value is -2.47. The minimum Gasteiger partial charge on any atom is -0.480 e. The topological polar surface area (TPSA) is 83.6 Å². The molecule has 21 heavy (non-hydrogen) atoms. The fourth-order valence-electron chi connectivity index (χ4n) is 3.02. The molecule has 6 nitrogen and oxygen atoms in total. The quantitative estimate of drug-likeness (QED) is 0.782. The Morgan fingerprint density at radius 3 is 2.95 bits per heavy atom. The number of carbonyl (C=O) groups is 1. The molecule has 2 aromatic rings. The minimum absolute atomic E-state index is 0.167. The smallest absolute Gasteiger partial charge is 0.321 e. The molecule has 2 aliphatic rings. The first-order valence-electron chi connectivity index (χ1n) is 6.77. The number of nitrogens with one attached hydrogen (secondary N) is 2. The summed E-state index contributed by atoms with van der Waals surface area (Å²) in [6.45, 7) is 0.167. The molecule has 0 bridgehead atoms. The fourth-order valence-corrected chi connectivity index (χ4v) is 3.02. The number of aliphatic carboxylic acids is 1. The number of ether oxygens (including phenoxy) is 2. The zero-order valence-electron chi connectivity index (χ0n) is 11.1. The Kier molecular flexibility index (Phi) is 2.65. The van der Waals surface area contributed by atoms with Crippen LogP contribution in [0.3, 0.4) is 0 Å². The molecule has 1 aromatic carbocycles. The first-order chi connectivity index (χ1) is 10.2. The van der Waals surface area contributed by atoms with Gasteiger partial charge in [0.1, 0.15) is 18.3 Å². The molecule has 0 amide bonds. The van der Waals surface area contributed by atoms with E-state index in [1.807, 2.05) is 24.3 Å². The van der Waals surface area contributed by atoms with Crippen LogP contribution in [-0.2, 0) is 20.7 Å². The highest BCUT2D eigenvalue weighted by atomic mass is 16.7. The number of carboxylic acids is 1. The standard InChI is InChI=1S/C15H14N2O4/c18-15(19)11-5-9-8-3-1-2-4-10(8)16-13(9)14(17-11)12-6-20-7-21-12/h1-4,6,11,14,16-17H,5,7H2,(H,18,19). The molecule has 1 aromatic heterocycles. The van der Waals surface area contributed by atoms with Gasteiger partial charge in [-0.15, -0.1) is 0 Å². The van der Waals surface area contributed by atoms with Crippen LogP contribution < -0.4 is 5.32 Å². The number of aromatic nitrogens is 1. The van der Waals surface area contributed by atoms with Crippen molar-refractivity contribution in [1.29, 1.82) is 0 Å². The first-order valence-corrected chi connectivity index (χ1v) is 6.77. The maximum atomic E-state index is 11.4. The van der Waals surface area contributed by atoms with Crippen LogP contribution in [-0.4, -0.2) is 28.9 Å². The SMILES string of the molecule is O=C(O)C1Cc2c([nH]c3ccccc23)C(C2=COCO2)N1. The van der Waals surface area contributed by atoms with Crippen molar-refractivity contribution < 1.29 is 19.4 Å². The van der Waals surface area contributed by atoms with Crippen LogP contribution in [0.25, 0.3) is 10.9 Å². The third-order valence-electron chi connectivity index (χ3n) is 3.99. The molecule has 0 fully saturated rings. The highest BCUT2D eigenvalue weighted by molar-refractivity contribution is 5.87. The molecule has 4 rings (SSSR count). The van der Waals surface area contributed by atoms with Gasteiger partial charge >= 0.3 is 5.97 Å². The molecule has 0 aliphatic carbocycles. The van der Waals surface area contributed by atoms with Crippen LogP contribution in [0.2, 0.25) is 0 Å². The lowest BCUT2D eigenvalue weighted by Crippen LogP contribution is -2.45. The van der Waals surface area contributed by atoms with E-state index in [2.05, 4.69) is 10.3 Å². The number of rotatable bonds is 2. The van der Waals surface area contributed by atoms with E-state index in [9.17, 15) is 9.90 Å². The second-order valence-corrected chi connectivity index (χ2v) is 5.21. The van der Waals surface area contributed by atoms with Gasteiger partial charge < -0.3 is 19.6 Å². The normalized spacial score (nSPS) is 24.1. The van der Waals surface area contributed by atoms with Crippen LogP contribution in [0, 0.1) is 0 Å². The molecule has 3 heterocycles. The Balaban J connectivity index is 1.87. The maximum Gasteiger partial charge on any atom is 0.321 e. The summed E-state index contributed by atoms with van der Waals surface area (Å²) in [6, 6.07) is 6.93. The molecular formula is C15H14N2O4. The lowest BCUT2D eigenvalue weighted by molar-refractivity contribution is -0.139. The summed E-state index contributed by atoms with van der Waals surface area (Å²) < 4.78 is 10.5. The predicted octanol–water partition coefficient (Wildman–Crippen LogP) is 1.65. The molecule has 2 atom stereocenters. The van der Waals surface area contributed by atoms with E-state index in [1.165, 1.54) is 6.26 Å². The zero-order valence-corrected chi connectivity index (χ0v) is 11.1. The molecule has 0 saturated heterocycles. The van der Waals surface area contributed by atoms with E-state index in [0.29, 0.717) is 12.2 Å². The van der Waals surface area contributed by atoms with Gasteiger partial charge in [0.15, 0.2) is 5.76 Å². The Morgan fingerprint density at radius 2 is 2.19 bits per heavy atom. The summed E-state index contributed by atoms with van der Waals surface area (Å²) in [7, 11) is 0. The van der Waals surface area contributed by atoms with Gasteiger partial charge in [0, 0.05) is 23.0 Å². The van der Waals surface area contributed by atoms with Gasteiger partial charge in [-0.3, -0.25) is 10.1 Å². The number of fused-ring (bicyclic) bond motifs is 3. The number of hydrogen-bond donors (Lipinski definition) is 3. The number of hydrogen-bond acceptors (Lipinski definition) is 4. The van der Waals surface area contributed by atoms with Gasteiger partial charge in [-0.25, -0.2) is 0 Å². The summed E-state index contributed by atoms with van der Waals surface area (Å²) in [5, 5.41) is 13.5. The maximum absolute atomic E-state index is 11.4. The highest BCUT2D eigenvalue weighted by Gasteiger charge is 2.36. The zero-order chi connectivity index (χ0) is 14.4. The van der Waals surface area contributed by atoms with Crippen molar-refractivity contribution in [2.45, 2.75) is 18.5 Å². The number of benzene rings is 1. The van der Waals surface area contributed by atoms with E-state index >= 15 is 0 Å². The summed E-state index contributed by atoms with van der Waals surface area (Å²) in [4.78, 5) is 14.8. The van der Waals surface area contributed by atoms with Crippen LogP contribution in [0.15, 0.2) is 36.3 Å². The van der Waals surface area contributed by atoms with Crippen molar-refractivity contribution >= 4 is 16.9 Å². The summed E-state index contributed by atoms with van der Waals surface area (Å²) in [6.07, 6.45) is 1.98. The van der Waals surface area contributed by atoms with Crippen molar-refractivity contribution in [2.75, 3.05) is 6.79 Å². The van der Waals surface area contributed by atoms with Crippen molar-refractivity contribution in [1.82, 2.24) is 10.3 Å². The monoisotopic (exact) mass is 286 g/mol. The third-order valence-corrected chi connectivity index (χ3v) is 3.99. The van der Waals surface area contributed by atoms with Gasteiger partial charge in [0.25, 0.3) is 0 Å². The first kappa shape index (κ1) is 12.3. The second kappa shape index (κ2) is 4.53. The summed E-state index contributed by atoms with van der Waals surface area (Å²) in [5.41, 5.74) is 2.98. The van der Waals surface area contributed by atoms with E-state index in [0.717, 1.165) is 22.2 Å². The fraction of sp³-hybridized carbons (Fsp3) is 0.267. The van der Waals surface area contributed by atoms with Gasteiger partial charge in [0.05, 0.1) is 0 Å². The Morgan fingerprint density at radius 1 is 1.33 bits per heavy atom. The lowest BCUT2D eigenvalue weighted by atomic mass is 9.93. The molecule has 0 saturated carbocycles. The van der Waals surface area contributed by atoms with Crippen molar-refractivity contribution in [2.24, 2.45) is 0 Å². The largest absolute Gasteiger partial charge is 0.480 e. The predicted molar refractivity (Wildman–Crippen MR) is 74.4 cm³/mol. The minimum atomic E-state index is -0.865. The van der Waals surface area contributed by atoms with E-state index in [-0.39, 0.29) is 12.8 Å². The van der Waals surface area contributed by atoms with Gasteiger partial charge in [-0.2, -0.15) is 0 Å². The molecule has 2 aliphatic heterocycles. The summed E-state index contributed by atoms with van der Waals surface area (Å²) in [5.74, 6) is -0.260. The number of para-hydroxylation sites is 1. The molecule has 2 unspecified atom stereocenters. The lowest BCUT2D eigenvalue weighted by Gasteiger charge is -2.28. The van der Waals surface area contributed by atoms with E-state index in [4.69, 9.17) is 9.47 Å². The van der Waals surface area contributed by atoms with E-state index in [1.54, 1.807) is 0 Å². The third kappa shape index (κ3) is 1.87. The van der Waals surface area contributed by atoms with Crippen LogP contribution in [0.1, 0.15) is 17.3 Å².